The number of aromatic nitrogens is 2. The molecule has 0 saturated carbocycles. The molecule has 0 spiro atoms. The smallest absolute Gasteiger partial charge is 0.290 e. The predicted molar refractivity (Wildman–Crippen MR) is 114 cm³/mol. The number of amides is 2. The van der Waals surface area contributed by atoms with Crippen LogP contribution in [0.3, 0.4) is 0 Å². The number of imidazole rings is 1. The van der Waals surface area contributed by atoms with Crippen LogP contribution in [0.1, 0.15) is 31.5 Å². The summed E-state index contributed by atoms with van der Waals surface area (Å²) in [5.41, 5.74) is 1.37. The van der Waals surface area contributed by atoms with E-state index in [9.17, 15) is 9.59 Å². The first-order chi connectivity index (χ1) is 14.7. The van der Waals surface area contributed by atoms with Gasteiger partial charge >= 0.3 is 0 Å². The fraction of sp³-hybridized carbons (Fsp3) is 0.318. The standard InChI is InChI=1S/C22H24N4O3S/c1-29-12-11-26(15-18-8-5-13-30-18)21(27)19-16-24-9-10-25(22(28)20(24)23-19)14-17-6-3-2-4-7-17/h2-8,13,16H,9-12,14-15H2,1H3. The SMILES string of the molecule is COCCN(Cc1cccs1)C(=O)c1cn2c(n1)C(=O)N(Cc1ccccc1)CC2. The van der Waals surface area contributed by atoms with Gasteiger partial charge in [-0.15, -0.1) is 11.3 Å². The normalized spacial score (nSPS) is 13.4. The molecule has 0 unspecified atom stereocenters. The molecule has 0 N–H and O–H groups in total. The van der Waals surface area contributed by atoms with E-state index in [1.54, 1.807) is 39.0 Å². The Balaban J connectivity index is 1.51. The van der Waals surface area contributed by atoms with E-state index in [0.717, 1.165) is 10.4 Å². The number of hydrogen-bond acceptors (Lipinski definition) is 5. The van der Waals surface area contributed by atoms with Crippen molar-refractivity contribution in [2.45, 2.75) is 19.6 Å². The van der Waals surface area contributed by atoms with Gasteiger partial charge in [0.1, 0.15) is 5.69 Å². The lowest BCUT2D eigenvalue weighted by molar-refractivity contribution is 0.0677. The van der Waals surface area contributed by atoms with Crippen molar-refractivity contribution in [3.63, 3.8) is 0 Å². The quantitative estimate of drug-likeness (QED) is 0.558. The minimum atomic E-state index is -0.190. The monoisotopic (exact) mass is 424 g/mol. The third-order valence-electron chi connectivity index (χ3n) is 5.08. The number of carbonyl (C=O) groups is 2. The Labute approximate surface area is 179 Å². The predicted octanol–water partition coefficient (Wildman–Crippen LogP) is 2.89. The molecule has 2 aromatic heterocycles. The summed E-state index contributed by atoms with van der Waals surface area (Å²) in [7, 11) is 1.61. The minimum Gasteiger partial charge on any atom is -0.383 e. The molecule has 0 atom stereocenters. The first-order valence-electron chi connectivity index (χ1n) is 9.86. The van der Waals surface area contributed by atoms with E-state index in [-0.39, 0.29) is 11.8 Å². The minimum absolute atomic E-state index is 0.147. The van der Waals surface area contributed by atoms with Crippen LogP contribution < -0.4 is 0 Å². The molecule has 0 radical (unpaired) electrons. The van der Waals surface area contributed by atoms with Gasteiger partial charge in [-0.25, -0.2) is 4.98 Å². The van der Waals surface area contributed by atoms with Gasteiger partial charge in [0.2, 0.25) is 0 Å². The Hall–Kier alpha value is -2.97. The van der Waals surface area contributed by atoms with E-state index < -0.39 is 0 Å². The Kier molecular flexibility index (Phi) is 6.25. The van der Waals surface area contributed by atoms with Gasteiger partial charge in [-0.2, -0.15) is 0 Å². The van der Waals surface area contributed by atoms with Crippen molar-refractivity contribution in [1.29, 1.82) is 0 Å². The van der Waals surface area contributed by atoms with Gasteiger partial charge in [0.25, 0.3) is 11.8 Å². The van der Waals surface area contributed by atoms with Crippen molar-refractivity contribution in [1.82, 2.24) is 19.4 Å². The molecule has 0 fully saturated rings. The van der Waals surface area contributed by atoms with Gasteiger partial charge in [0.15, 0.2) is 5.82 Å². The van der Waals surface area contributed by atoms with Crippen molar-refractivity contribution >= 4 is 23.2 Å². The average molecular weight is 425 g/mol. The van der Waals surface area contributed by atoms with Crippen molar-refractivity contribution in [2.75, 3.05) is 26.8 Å². The summed E-state index contributed by atoms with van der Waals surface area (Å²) < 4.78 is 6.96. The number of carbonyl (C=O) groups excluding carboxylic acids is 2. The number of ether oxygens (including phenoxy) is 1. The molecule has 156 valence electrons. The third-order valence-corrected chi connectivity index (χ3v) is 5.94. The molecule has 7 nitrogen and oxygen atoms in total. The zero-order valence-electron chi connectivity index (χ0n) is 16.9. The highest BCUT2D eigenvalue weighted by atomic mass is 32.1. The lowest BCUT2D eigenvalue weighted by Crippen LogP contribution is -2.39. The van der Waals surface area contributed by atoms with Crippen LogP contribution in [0.15, 0.2) is 54.0 Å². The molecule has 1 aliphatic heterocycles. The largest absolute Gasteiger partial charge is 0.383 e. The molecule has 4 rings (SSSR count). The van der Waals surface area contributed by atoms with Gasteiger partial charge in [-0.3, -0.25) is 9.59 Å². The summed E-state index contributed by atoms with van der Waals surface area (Å²) in [6.45, 7) is 3.15. The Morgan fingerprint density at radius 3 is 2.77 bits per heavy atom. The van der Waals surface area contributed by atoms with Crippen molar-refractivity contribution < 1.29 is 14.3 Å². The van der Waals surface area contributed by atoms with Gasteiger partial charge < -0.3 is 19.1 Å². The van der Waals surface area contributed by atoms with Crippen LogP contribution >= 0.6 is 11.3 Å². The molecule has 30 heavy (non-hydrogen) atoms. The highest BCUT2D eigenvalue weighted by Crippen LogP contribution is 2.18. The molecule has 3 heterocycles. The molecule has 0 aliphatic carbocycles. The number of hydrogen-bond donors (Lipinski definition) is 0. The van der Waals surface area contributed by atoms with Crippen LogP contribution in [0.4, 0.5) is 0 Å². The van der Waals surface area contributed by atoms with E-state index in [2.05, 4.69) is 4.98 Å². The van der Waals surface area contributed by atoms with Crippen molar-refractivity contribution in [2.24, 2.45) is 0 Å². The van der Waals surface area contributed by atoms with Crippen LogP contribution in [-0.4, -0.2) is 58.0 Å². The molecule has 0 saturated heterocycles. The summed E-state index contributed by atoms with van der Waals surface area (Å²) in [4.78, 5) is 35.1. The number of rotatable bonds is 8. The summed E-state index contributed by atoms with van der Waals surface area (Å²) in [5, 5.41) is 1.99. The van der Waals surface area contributed by atoms with Gasteiger partial charge in [-0.05, 0) is 17.0 Å². The highest BCUT2D eigenvalue weighted by molar-refractivity contribution is 7.09. The second-order valence-electron chi connectivity index (χ2n) is 7.15. The molecular formula is C22H24N4O3S. The van der Waals surface area contributed by atoms with E-state index in [4.69, 9.17) is 4.74 Å². The number of methoxy groups -OCH3 is 1. The lowest BCUT2D eigenvalue weighted by atomic mass is 10.2. The Morgan fingerprint density at radius 2 is 2.03 bits per heavy atom. The van der Waals surface area contributed by atoms with E-state index in [0.29, 0.717) is 50.8 Å². The zero-order valence-corrected chi connectivity index (χ0v) is 17.7. The van der Waals surface area contributed by atoms with Crippen molar-refractivity contribution in [3.05, 3.63) is 76.0 Å². The average Bonchev–Trinajstić information content (AvgIpc) is 3.43. The maximum Gasteiger partial charge on any atom is 0.290 e. The molecule has 0 bridgehead atoms. The highest BCUT2D eigenvalue weighted by Gasteiger charge is 2.29. The molecule has 8 heteroatoms. The molecule has 3 aromatic rings. The molecular weight excluding hydrogens is 400 g/mol. The van der Waals surface area contributed by atoms with Gasteiger partial charge in [-0.1, -0.05) is 36.4 Å². The van der Waals surface area contributed by atoms with Crippen LogP contribution in [0.2, 0.25) is 0 Å². The molecule has 2 amide bonds. The van der Waals surface area contributed by atoms with E-state index >= 15 is 0 Å². The number of nitrogens with zero attached hydrogens (tertiary/aromatic N) is 4. The summed E-state index contributed by atoms with van der Waals surface area (Å²) in [6, 6.07) is 13.9. The number of fused-ring (bicyclic) bond motifs is 1. The summed E-state index contributed by atoms with van der Waals surface area (Å²) >= 11 is 1.61. The van der Waals surface area contributed by atoms with Gasteiger partial charge in [0, 0.05) is 44.4 Å². The van der Waals surface area contributed by atoms with Crippen LogP contribution in [-0.2, 0) is 24.4 Å². The maximum absolute atomic E-state index is 13.1. The first kappa shape index (κ1) is 20.3. The Morgan fingerprint density at radius 1 is 1.20 bits per heavy atom. The zero-order chi connectivity index (χ0) is 20.9. The van der Waals surface area contributed by atoms with Crippen molar-refractivity contribution in [3.8, 4) is 0 Å². The van der Waals surface area contributed by atoms with E-state index in [1.165, 1.54) is 0 Å². The lowest BCUT2D eigenvalue weighted by Gasteiger charge is -2.27. The van der Waals surface area contributed by atoms with Gasteiger partial charge in [0.05, 0.1) is 13.2 Å². The fourth-order valence-corrected chi connectivity index (χ4v) is 4.21. The third kappa shape index (κ3) is 4.44. The molecule has 1 aromatic carbocycles. The summed E-state index contributed by atoms with van der Waals surface area (Å²) in [5.74, 6) is -0.0149. The molecule has 1 aliphatic rings. The first-order valence-corrected chi connectivity index (χ1v) is 10.7. The van der Waals surface area contributed by atoms with Crippen LogP contribution in [0, 0.1) is 0 Å². The second-order valence-corrected chi connectivity index (χ2v) is 8.19. The topological polar surface area (TPSA) is 67.7 Å². The van der Waals surface area contributed by atoms with Crippen LogP contribution in [0.5, 0.6) is 0 Å². The fourth-order valence-electron chi connectivity index (χ4n) is 3.49. The number of thiophene rings is 1. The maximum atomic E-state index is 13.1. The number of benzene rings is 1. The van der Waals surface area contributed by atoms with E-state index in [1.807, 2.05) is 47.8 Å². The summed E-state index contributed by atoms with van der Waals surface area (Å²) in [6.07, 6.45) is 1.70. The second kappa shape index (κ2) is 9.23. The van der Waals surface area contributed by atoms with Crippen LogP contribution in [0.25, 0.3) is 0 Å². The Bertz CT molecular complexity index is 1000.